The average Bonchev–Trinajstić information content (AvgIpc) is 3.04. The van der Waals surface area contributed by atoms with Gasteiger partial charge in [0, 0.05) is 24.5 Å². The molecule has 0 aliphatic carbocycles. The Bertz CT molecular complexity index is 808. The van der Waals surface area contributed by atoms with Crippen LogP contribution in [0.1, 0.15) is 30.0 Å². The van der Waals surface area contributed by atoms with Crippen molar-refractivity contribution in [2.75, 3.05) is 20.6 Å². The number of likely N-dealkylation sites (N-methyl/N-ethyl adjacent to an activating group) is 1. The summed E-state index contributed by atoms with van der Waals surface area (Å²) in [5.74, 6) is -0.0616. The van der Waals surface area contributed by atoms with Gasteiger partial charge in [-0.05, 0) is 43.8 Å². The van der Waals surface area contributed by atoms with Crippen molar-refractivity contribution in [2.45, 2.75) is 31.5 Å². The Morgan fingerprint density at radius 3 is 2.50 bits per heavy atom. The minimum absolute atomic E-state index is 0.0286. The molecule has 2 amide bonds. The largest absolute Gasteiger partial charge is 0.352 e. The summed E-state index contributed by atoms with van der Waals surface area (Å²) in [6.07, 6.45) is 0.976. The molecule has 0 aromatic heterocycles. The number of halogens is 1. The van der Waals surface area contributed by atoms with Crippen molar-refractivity contribution in [2.24, 2.45) is 0 Å². The number of likely N-dealkylation sites (tertiary alicyclic amines) is 1. The van der Waals surface area contributed by atoms with Crippen molar-refractivity contribution in [3.8, 4) is 0 Å². The average molecular weight is 400 g/mol. The van der Waals surface area contributed by atoms with E-state index in [9.17, 15) is 9.59 Å². The summed E-state index contributed by atoms with van der Waals surface area (Å²) in [4.78, 5) is 28.9. The lowest BCUT2D eigenvalue weighted by Gasteiger charge is -2.28. The molecule has 1 saturated heterocycles. The van der Waals surface area contributed by atoms with E-state index in [1.165, 1.54) is 0 Å². The second-order valence-electron chi connectivity index (χ2n) is 7.34. The zero-order valence-corrected chi connectivity index (χ0v) is 17.0. The van der Waals surface area contributed by atoms with Gasteiger partial charge in [-0.3, -0.25) is 9.59 Å². The topological polar surface area (TPSA) is 52.7 Å². The second-order valence-corrected chi connectivity index (χ2v) is 7.77. The van der Waals surface area contributed by atoms with E-state index in [0.717, 1.165) is 11.1 Å². The van der Waals surface area contributed by atoms with Gasteiger partial charge in [-0.2, -0.15) is 0 Å². The van der Waals surface area contributed by atoms with Crippen LogP contribution in [0, 0.1) is 0 Å². The van der Waals surface area contributed by atoms with Crippen molar-refractivity contribution in [1.82, 2.24) is 15.1 Å². The summed E-state index contributed by atoms with van der Waals surface area (Å²) in [7, 11) is 3.96. The van der Waals surface area contributed by atoms with Crippen LogP contribution in [0.3, 0.4) is 0 Å². The van der Waals surface area contributed by atoms with Crippen molar-refractivity contribution >= 4 is 23.4 Å². The molecular formula is C22H26ClN3O2. The van der Waals surface area contributed by atoms with Gasteiger partial charge in [-0.1, -0.05) is 54.1 Å². The van der Waals surface area contributed by atoms with E-state index in [2.05, 4.69) is 10.2 Å². The van der Waals surface area contributed by atoms with Crippen LogP contribution >= 0.6 is 11.6 Å². The fraction of sp³-hybridized carbons (Fsp3) is 0.364. The van der Waals surface area contributed by atoms with Crippen molar-refractivity contribution in [3.05, 3.63) is 70.7 Å². The highest BCUT2D eigenvalue weighted by atomic mass is 35.5. The van der Waals surface area contributed by atoms with E-state index < -0.39 is 6.04 Å². The Morgan fingerprint density at radius 1 is 1.18 bits per heavy atom. The first-order chi connectivity index (χ1) is 13.5. The van der Waals surface area contributed by atoms with Crippen LogP contribution in [-0.2, 0) is 16.1 Å². The molecule has 5 nitrogen and oxygen atoms in total. The molecule has 1 aliphatic heterocycles. The standard InChI is InChI=1S/C22H26ClN3O2/c1-25(2)20(17-8-10-18(23)11-9-17)14-24-22(28)19-12-13-21(27)26(19)15-16-6-4-3-5-7-16/h3-11,19-20H,12-15H2,1-2H3,(H,24,28). The zero-order valence-electron chi connectivity index (χ0n) is 16.3. The normalized spacial score (nSPS) is 17.8. The first-order valence-electron chi connectivity index (χ1n) is 9.48. The number of nitrogens with one attached hydrogen (secondary N) is 1. The molecule has 0 saturated carbocycles. The number of carbonyl (C=O) groups is 2. The predicted molar refractivity (Wildman–Crippen MR) is 111 cm³/mol. The molecule has 0 bridgehead atoms. The van der Waals surface area contributed by atoms with E-state index >= 15 is 0 Å². The van der Waals surface area contributed by atoms with Crippen molar-refractivity contribution in [3.63, 3.8) is 0 Å². The number of carbonyl (C=O) groups excluding carboxylic acids is 2. The third kappa shape index (κ3) is 4.91. The third-order valence-electron chi connectivity index (χ3n) is 5.17. The van der Waals surface area contributed by atoms with Gasteiger partial charge in [-0.15, -0.1) is 0 Å². The molecule has 1 heterocycles. The molecular weight excluding hydrogens is 374 g/mol. The number of hydrogen-bond donors (Lipinski definition) is 1. The summed E-state index contributed by atoms with van der Waals surface area (Å²) < 4.78 is 0. The molecule has 2 unspecified atom stereocenters. The molecule has 28 heavy (non-hydrogen) atoms. The van der Waals surface area contributed by atoms with Gasteiger partial charge in [0.2, 0.25) is 11.8 Å². The maximum Gasteiger partial charge on any atom is 0.242 e. The lowest BCUT2D eigenvalue weighted by molar-refractivity contribution is -0.135. The maximum atomic E-state index is 12.9. The monoisotopic (exact) mass is 399 g/mol. The number of amides is 2. The summed E-state index contributed by atoms with van der Waals surface area (Å²) in [5, 5.41) is 3.73. The number of nitrogens with zero attached hydrogens (tertiary/aromatic N) is 2. The van der Waals surface area contributed by atoms with Crippen LogP contribution in [-0.4, -0.2) is 48.3 Å². The number of rotatable bonds is 7. The van der Waals surface area contributed by atoms with Gasteiger partial charge in [0.15, 0.2) is 0 Å². The molecule has 3 rings (SSSR count). The first-order valence-corrected chi connectivity index (χ1v) is 9.86. The van der Waals surface area contributed by atoms with Crippen LogP contribution < -0.4 is 5.32 Å². The zero-order chi connectivity index (χ0) is 20.1. The van der Waals surface area contributed by atoms with E-state index in [0.29, 0.717) is 31.0 Å². The van der Waals surface area contributed by atoms with E-state index in [1.807, 2.05) is 68.7 Å². The minimum atomic E-state index is -0.416. The smallest absolute Gasteiger partial charge is 0.242 e. The molecule has 6 heteroatoms. The number of hydrogen-bond acceptors (Lipinski definition) is 3. The molecule has 2 aromatic rings. The highest BCUT2D eigenvalue weighted by Gasteiger charge is 2.36. The molecule has 2 aromatic carbocycles. The molecule has 148 valence electrons. The van der Waals surface area contributed by atoms with Gasteiger partial charge in [-0.25, -0.2) is 0 Å². The van der Waals surface area contributed by atoms with Gasteiger partial charge < -0.3 is 15.1 Å². The lowest BCUT2D eigenvalue weighted by atomic mass is 10.1. The Morgan fingerprint density at radius 2 is 1.86 bits per heavy atom. The minimum Gasteiger partial charge on any atom is -0.352 e. The summed E-state index contributed by atoms with van der Waals surface area (Å²) in [6, 6.07) is 17.0. The quantitative estimate of drug-likeness (QED) is 0.777. The van der Waals surface area contributed by atoms with Crippen LogP contribution in [0.25, 0.3) is 0 Å². The Kier molecular flexibility index (Phi) is 6.70. The molecule has 1 fully saturated rings. The molecule has 0 spiro atoms. The van der Waals surface area contributed by atoms with Gasteiger partial charge in [0.1, 0.15) is 6.04 Å². The molecule has 1 aliphatic rings. The highest BCUT2D eigenvalue weighted by Crippen LogP contribution is 2.23. The van der Waals surface area contributed by atoms with E-state index in [1.54, 1.807) is 4.90 Å². The first kappa shape index (κ1) is 20.4. The van der Waals surface area contributed by atoms with E-state index in [4.69, 9.17) is 11.6 Å². The summed E-state index contributed by atoms with van der Waals surface area (Å²) in [6.45, 7) is 0.934. The van der Waals surface area contributed by atoms with Crippen LogP contribution in [0.5, 0.6) is 0 Å². The molecule has 2 atom stereocenters. The highest BCUT2D eigenvalue weighted by molar-refractivity contribution is 6.30. The van der Waals surface area contributed by atoms with E-state index in [-0.39, 0.29) is 17.9 Å². The second kappa shape index (κ2) is 9.22. The fourth-order valence-electron chi connectivity index (χ4n) is 3.58. The summed E-state index contributed by atoms with van der Waals surface area (Å²) in [5.41, 5.74) is 2.11. The third-order valence-corrected chi connectivity index (χ3v) is 5.43. The number of benzene rings is 2. The van der Waals surface area contributed by atoms with Gasteiger partial charge >= 0.3 is 0 Å². The van der Waals surface area contributed by atoms with Crippen LogP contribution in [0.4, 0.5) is 0 Å². The molecule has 0 radical (unpaired) electrons. The van der Waals surface area contributed by atoms with Crippen molar-refractivity contribution < 1.29 is 9.59 Å². The Hall–Kier alpha value is -2.37. The van der Waals surface area contributed by atoms with Gasteiger partial charge in [0.25, 0.3) is 0 Å². The Labute approximate surface area is 171 Å². The van der Waals surface area contributed by atoms with Crippen LogP contribution in [0.15, 0.2) is 54.6 Å². The lowest BCUT2D eigenvalue weighted by Crippen LogP contribution is -2.46. The molecule has 1 N–H and O–H groups in total. The van der Waals surface area contributed by atoms with Gasteiger partial charge in [0.05, 0.1) is 6.04 Å². The SMILES string of the molecule is CN(C)C(CNC(=O)C1CCC(=O)N1Cc1ccccc1)c1ccc(Cl)cc1. The van der Waals surface area contributed by atoms with Crippen molar-refractivity contribution in [1.29, 1.82) is 0 Å². The fourth-order valence-corrected chi connectivity index (χ4v) is 3.71. The summed E-state index contributed by atoms with van der Waals surface area (Å²) >= 11 is 5.98. The maximum absolute atomic E-state index is 12.9. The predicted octanol–water partition coefficient (Wildman–Crippen LogP) is 3.25. The Balaban J connectivity index is 1.65. The van der Waals surface area contributed by atoms with Crippen LogP contribution in [0.2, 0.25) is 5.02 Å².